The van der Waals surface area contributed by atoms with E-state index in [4.69, 9.17) is 16.7 Å². The first-order valence-electron chi connectivity index (χ1n) is 5.86. The highest BCUT2D eigenvalue weighted by molar-refractivity contribution is 7.89. The van der Waals surface area contributed by atoms with Gasteiger partial charge >= 0.3 is 0 Å². The number of hydrogen-bond acceptors (Lipinski definition) is 3. The van der Waals surface area contributed by atoms with E-state index in [0.29, 0.717) is 12.3 Å². The molecular formula is C12H17ClFNO3S. The number of hydrogen-bond donors (Lipinski definition) is 2. The van der Waals surface area contributed by atoms with Crippen molar-refractivity contribution in [2.24, 2.45) is 5.92 Å². The summed E-state index contributed by atoms with van der Waals surface area (Å²) < 4.78 is 40.1. The number of aliphatic hydroxyl groups is 1. The van der Waals surface area contributed by atoms with E-state index in [1.807, 2.05) is 13.8 Å². The van der Waals surface area contributed by atoms with Crippen LogP contribution in [0.4, 0.5) is 4.39 Å². The SMILES string of the molecule is CC(C)CCNS(=O)(=O)c1cc(Cl)cc(CO)c1F. The number of benzene rings is 1. The van der Waals surface area contributed by atoms with Gasteiger partial charge in [0.25, 0.3) is 0 Å². The molecule has 0 radical (unpaired) electrons. The van der Waals surface area contributed by atoms with Crippen molar-refractivity contribution >= 4 is 21.6 Å². The standard InChI is InChI=1S/C12H17ClFNO3S/c1-8(2)3-4-15-19(17,18)11-6-10(13)5-9(7-16)12(11)14/h5-6,8,15-16H,3-4,7H2,1-2H3. The van der Waals surface area contributed by atoms with Gasteiger partial charge < -0.3 is 5.11 Å². The summed E-state index contributed by atoms with van der Waals surface area (Å²) in [6, 6.07) is 2.23. The Balaban J connectivity index is 3.04. The molecule has 0 saturated heterocycles. The minimum atomic E-state index is -3.96. The van der Waals surface area contributed by atoms with Crippen LogP contribution < -0.4 is 4.72 Å². The fourth-order valence-electron chi connectivity index (χ4n) is 1.49. The second-order valence-corrected chi connectivity index (χ2v) is 6.79. The van der Waals surface area contributed by atoms with Crippen LogP contribution in [0.25, 0.3) is 0 Å². The third-order valence-electron chi connectivity index (χ3n) is 2.55. The van der Waals surface area contributed by atoms with Gasteiger partial charge in [-0.1, -0.05) is 25.4 Å². The highest BCUT2D eigenvalue weighted by Crippen LogP contribution is 2.23. The van der Waals surface area contributed by atoms with Crippen LogP contribution in [0.5, 0.6) is 0 Å². The van der Waals surface area contributed by atoms with E-state index in [-0.39, 0.29) is 17.1 Å². The first kappa shape index (κ1) is 16.4. The van der Waals surface area contributed by atoms with Crippen molar-refractivity contribution in [3.05, 3.63) is 28.5 Å². The molecule has 0 bridgehead atoms. The molecule has 0 aliphatic heterocycles. The average Bonchev–Trinajstić information content (AvgIpc) is 2.30. The molecular weight excluding hydrogens is 293 g/mol. The molecule has 0 heterocycles. The lowest BCUT2D eigenvalue weighted by molar-refractivity contribution is 0.274. The Hall–Kier alpha value is -0.690. The fraction of sp³-hybridized carbons (Fsp3) is 0.500. The third-order valence-corrected chi connectivity index (χ3v) is 4.23. The largest absolute Gasteiger partial charge is 0.392 e. The second kappa shape index (κ2) is 6.65. The van der Waals surface area contributed by atoms with Gasteiger partial charge in [0.2, 0.25) is 10.0 Å². The van der Waals surface area contributed by atoms with Gasteiger partial charge in [-0.15, -0.1) is 0 Å². The summed E-state index contributed by atoms with van der Waals surface area (Å²) >= 11 is 5.72. The molecule has 0 aliphatic carbocycles. The lowest BCUT2D eigenvalue weighted by Gasteiger charge is -2.11. The molecule has 0 saturated carbocycles. The van der Waals surface area contributed by atoms with E-state index in [1.54, 1.807) is 0 Å². The molecule has 19 heavy (non-hydrogen) atoms. The first-order valence-corrected chi connectivity index (χ1v) is 7.72. The van der Waals surface area contributed by atoms with Gasteiger partial charge in [0.1, 0.15) is 10.7 Å². The summed E-state index contributed by atoms with van der Waals surface area (Å²) in [7, 11) is -3.96. The molecule has 1 aromatic carbocycles. The second-order valence-electron chi connectivity index (χ2n) is 4.62. The predicted molar refractivity (Wildman–Crippen MR) is 72.0 cm³/mol. The monoisotopic (exact) mass is 309 g/mol. The van der Waals surface area contributed by atoms with E-state index < -0.39 is 27.3 Å². The molecule has 1 rings (SSSR count). The number of rotatable bonds is 6. The smallest absolute Gasteiger partial charge is 0.243 e. The summed E-state index contributed by atoms with van der Waals surface area (Å²) in [4.78, 5) is -0.534. The summed E-state index contributed by atoms with van der Waals surface area (Å²) in [5.41, 5.74) is -0.142. The van der Waals surface area contributed by atoms with Crippen molar-refractivity contribution < 1.29 is 17.9 Å². The van der Waals surface area contributed by atoms with Crippen LogP contribution >= 0.6 is 11.6 Å². The fourth-order valence-corrected chi connectivity index (χ4v) is 2.99. The van der Waals surface area contributed by atoms with Crippen molar-refractivity contribution in [1.29, 1.82) is 0 Å². The Bertz CT molecular complexity index is 546. The lowest BCUT2D eigenvalue weighted by atomic mass is 10.1. The minimum absolute atomic E-state index is 0.0645. The van der Waals surface area contributed by atoms with Crippen molar-refractivity contribution in [3.63, 3.8) is 0 Å². The maximum Gasteiger partial charge on any atom is 0.243 e. The first-order chi connectivity index (χ1) is 8.77. The summed E-state index contributed by atoms with van der Waals surface area (Å²) in [5.74, 6) is -0.635. The predicted octanol–water partition coefficient (Wildman–Crippen LogP) is 2.30. The van der Waals surface area contributed by atoms with Crippen LogP contribution in [0.1, 0.15) is 25.8 Å². The summed E-state index contributed by atoms with van der Waals surface area (Å²) in [6.07, 6.45) is 0.647. The lowest BCUT2D eigenvalue weighted by Crippen LogP contribution is -2.26. The molecule has 2 N–H and O–H groups in total. The van der Waals surface area contributed by atoms with E-state index >= 15 is 0 Å². The zero-order valence-electron chi connectivity index (χ0n) is 10.8. The zero-order valence-corrected chi connectivity index (χ0v) is 12.4. The van der Waals surface area contributed by atoms with Crippen LogP contribution in [0.2, 0.25) is 5.02 Å². The van der Waals surface area contributed by atoms with Crippen LogP contribution in [0, 0.1) is 11.7 Å². The van der Waals surface area contributed by atoms with Gasteiger partial charge in [0.05, 0.1) is 6.61 Å². The Morgan fingerprint density at radius 3 is 2.58 bits per heavy atom. The normalized spacial score (nSPS) is 12.1. The van der Waals surface area contributed by atoms with Crippen LogP contribution in [-0.4, -0.2) is 20.1 Å². The molecule has 4 nitrogen and oxygen atoms in total. The molecule has 0 unspecified atom stereocenters. The highest BCUT2D eigenvalue weighted by Gasteiger charge is 2.22. The van der Waals surface area contributed by atoms with Gasteiger partial charge in [-0.2, -0.15) is 0 Å². The van der Waals surface area contributed by atoms with Crippen LogP contribution in [0.15, 0.2) is 17.0 Å². The van der Waals surface area contributed by atoms with Gasteiger partial charge in [0.15, 0.2) is 0 Å². The van der Waals surface area contributed by atoms with E-state index in [9.17, 15) is 12.8 Å². The van der Waals surface area contributed by atoms with E-state index in [1.165, 1.54) is 6.07 Å². The maximum absolute atomic E-state index is 13.9. The highest BCUT2D eigenvalue weighted by atomic mass is 35.5. The number of halogens is 2. The Labute approximate surface area is 117 Å². The van der Waals surface area contributed by atoms with Gasteiger partial charge in [-0.25, -0.2) is 17.5 Å². The molecule has 108 valence electrons. The van der Waals surface area contributed by atoms with Crippen molar-refractivity contribution in [3.8, 4) is 0 Å². The third kappa shape index (κ3) is 4.42. The van der Waals surface area contributed by atoms with Gasteiger partial charge in [-0.05, 0) is 24.5 Å². The molecule has 1 aromatic rings. The van der Waals surface area contributed by atoms with E-state index in [2.05, 4.69) is 4.72 Å². The molecule has 0 aromatic heterocycles. The topological polar surface area (TPSA) is 66.4 Å². The van der Waals surface area contributed by atoms with Crippen LogP contribution in [-0.2, 0) is 16.6 Å². The van der Waals surface area contributed by atoms with Crippen molar-refractivity contribution in [2.75, 3.05) is 6.54 Å². The summed E-state index contributed by atoms with van der Waals surface area (Å²) in [6.45, 7) is 3.53. The minimum Gasteiger partial charge on any atom is -0.392 e. The molecule has 0 fully saturated rings. The van der Waals surface area contributed by atoms with Crippen molar-refractivity contribution in [1.82, 2.24) is 4.72 Å². The Kier molecular flexibility index (Phi) is 5.73. The average molecular weight is 310 g/mol. The quantitative estimate of drug-likeness (QED) is 0.847. The maximum atomic E-state index is 13.9. The molecule has 0 aliphatic rings. The zero-order chi connectivity index (χ0) is 14.6. The molecule has 0 atom stereocenters. The molecule has 7 heteroatoms. The summed E-state index contributed by atoms with van der Waals surface area (Å²) in [5, 5.41) is 9.03. The number of nitrogens with one attached hydrogen (secondary N) is 1. The number of sulfonamides is 1. The van der Waals surface area contributed by atoms with Crippen LogP contribution in [0.3, 0.4) is 0 Å². The van der Waals surface area contributed by atoms with Gasteiger partial charge in [-0.3, -0.25) is 0 Å². The van der Waals surface area contributed by atoms with E-state index in [0.717, 1.165) is 6.07 Å². The Morgan fingerprint density at radius 1 is 1.42 bits per heavy atom. The molecule has 0 amide bonds. The number of aliphatic hydroxyl groups excluding tert-OH is 1. The van der Waals surface area contributed by atoms with Gasteiger partial charge in [0, 0.05) is 17.1 Å². The van der Waals surface area contributed by atoms with Crippen molar-refractivity contribution in [2.45, 2.75) is 31.8 Å². The Morgan fingerprint density at radius 2 is 2.05 bits per heavy atom. The molecule has 0 spiro atoms.